The highest BCUT2D eigenvalue weighted by Gasteiger charge is 2.24. The number of aryl methyl sites for hydroxylation is 1. The topological polar surface area (TPSA) is 79.5 Å². The number of hydrogen-bond donors (Lipinski definition) is 1. The van der Waals surface area contributed by atoms with Gasteiger partial charge < -0.3 is 14.5 Å². The van der Waals surface area contributed by atoms with Crippen LogP contribution < -0.4 is 0 Å². The van der Waals surface area contributed by atoms with Gasteiger partial charge in [-0.25, -0.2) is 4.98 Å². The molecule has 19 heavy (non-hydrogen) atoms. The second kappa shape index (κ2) is 4.38. The van der Waals surface area contributed by atoms with Gasteiger partial charge in [-0.3, -0.25) is 4.79 Å². The molecule has 0 saturated carbocycles. The average Bonchev–Trinajstić information content (AvgIpc) is 2.84. The van der Waals surface area contributed by atoms with Gasteiger partial charge in [0.2, 0.25) is 11.6 Å². The fourth-order valence-corrected chi connectivity index (χ4v) is 2.22. The first-order chi connectivity index (χ1) is 9.13. The Bertz CT molecular complexity index is 636. The molecule has 3 heterocycles. The van der Waals surface area contributed by atoms with Gasteiger partial charge in [0, 0.05) is 31.4 Å². The maximum absolute atomic E-state index is 12.2. The smallest absolute Gasteiger partial charge is 0.292 e. The van der Waals surface area contributed by atoms with Gasteiger partial charge in [0.05, 0.1) is 5.69 Å². The number of carbonyl (C=O) groups excluding carboxylic acids is 1. The molecular formula is C13H13N3O3. The standard InChI is InChI=1S/C13H13N3O3/c1-8-4-11(19-15-8)13(18)16-3-2-9-5-12(17)14-6-10(9)7-16/h4-6H,2-3,7H2,1H3,(H,14,17). The maximum Gasteiger partial charge on any atom is 0.292 e. The van der Waals surface area contributed by atoms with Gasteiger partial charge in [0.1, 0.15) is 0 Å². The predicted octanol–water partition coefficient (Wildman–Crippen LogP) is 1.28. The van der Waals surface area contributed by atoms with Crippen LogP contribution in [0.4, 0.5) is 0 Å². The van der Waals surface area contributed by atoms with Crippen molar-refractivity contribution >= 4 is 5.91 Å². The molecule has 0 atom stereocenters. The normalized spacial score (nSPS) is 14.3. The number of nitrogens with zero attached hydrogens (tertiary/aromatic N) is 3. The van der Waals surface area contributed by atoms with E-state index in [4.69, 9.17) is 4.52 Å². The summed E-state index contributed by atoms with van der Waals surface area (Å²) in [6.07, 6.45) is 2.31. The molecule has 2 aromatic heterocycles. The largest absolute Gasteiger partial charge is 0.493 e. The number of fused-ring (bicyclic) bond motifs is 1. The number of pyridine rings is 1. The molecule has 1 N–H and O–H groups in total. The third-order valence-corrected chi connectivity index (χ3v) is 3.21. The second-order valence-electron chi connectivity index (χ2n) is 4.62. The molecule has 0 radical (unpaired) electrons. The lowest BCUT2D eigenvalue weighted by Crippen LogP contribution is -2.35. The fraction of sp³-hybridized carbons (Fsp3) is 0.308. The quantitative estimate of drug-likeness (QED) is 0.834. The van der Waals surface area contributed by atoms with Gasteiger partial charge in [0.15, 0.2) is 0 Å². The van der Waals surface area contributed by atoms with Crippen molar-refractivity contribution in [3.63, 3.8) is 0 Å². The second-order valence-corrected chi connectivity index (χ2v) is 4.62. The Morgan fingerprint density at radius 2 is 2.26 bits per heavy atom. The maximum atomic E-state index is 12.2. The van der Waals surface area contributed by atoms with Crippen LogP contribution in [-0.2, 0) is 13.0 Å². The van der Waals surface area contributed by atoms with Crippen LogP contribution in [0.5, 0.6) is 5.88 Å². The minimum Gasteiger partial charge on any atom is -0.493 e. The van der Waals surface area contributed by atoms with E-state index in [9.17, 15) is 9.90 Å². The highest BCUT2D eigenvalue weighted by Crippen LogP contribution is 2.22. The van der Waals surface area contributed by atoms with E-state index < -0.39 is 0 Å². The van der Waals surface area contributed by atoms with Crippen molar-refractivity contribution in [1.29, 1.82) is 0 Å². The van der Waals surface area contributed by atoms with E-state index in [1.54, 1.807) is 30.2 Å². The number of aromatic hydroxyl groups is 1. The molecule has 6 heteroatoms. The molecule has 98 valence electrons. The number of carbonyl (C=O) groups is 1. The van der Waals surface area contributed by atoms with Crippen LogP contribution in [0.3, 0.4) is 0 Å². The summed E-state index contributed by atoms with van der Waals surface area (Å²) in [4.78, 5) is 17.8. The third kappa shape index (κ3) is 2.16. The van der Waals surface area contributed by atoms with E-state index in [0.717, 1.165) is 11.1 Å². The third-order valence-electron chi connectivity index (χ3n) is 3.21. The van der Waals surface area contributed by atoms with Gasteiger partial charge in [-0.05, 0) is 24.5 Å². The lowest BCUT2D eigenvalue weighted by Gasteiger charge is -2.27. The highest BCUT2D eigenvalue weighted by molar-refractivity contribution is 5.91. The van der Waals surface area contributed by atoms with E-state index in [1.165, 1.54) is 0 Å². The molecule has 2 aromatic rings. The monoisotopic (exact) mass is 259 g/mol. The summed E-state index contributed by atoms with van der Waals surface area (Å²) in [5, 5.41) is 13.0. The zero-order valence-corrected chi connectivity index (χ0v) is 10.5. The van der Waals surface area contributed by atoms with Crippen molar-refractivity contribution in [3.05, 3.63) is 40.9 Å². The minimum atomic E-state index is -0.167. The zero-order chi connectivity index (χ0) is 13.4. The molecule has 6 nitrogen and oxygen atoms in total. The lowest BCUT2D eigenvalue weighted by atomic mass is 10.0. The Morgan fingerprint density at radius 3 is 3.00 bits per heavy atom. The van der Waals surface area contributed by atoms with Crippen molar-refractivity contribution in [3.8, 4) is 5.88 Å². The van der Waals surface area contributed by atoms with Crippen molar-refractivity contribution in [2.24, 2.45) is 0 Å². The van der Waals surface area contributed by atoms with E-state index in [1.807, 2.05) is 0 Å². The van der Waals surface area contributed by atoms with Crippen LogP contribution in [0, 0.1) is 6.92 Å². The van der Waals surface area contributed by atoms with Gasteiger partial charge in [-0.2, -0.15) is 0 Å². The minimum absolute atomic E-state index is 0.0179. The number of aromatic nitrogens is 2. The summed E-state index contributed by atoms with van der Waals surface area (Å²) in [5.41, 5.74) is 2.67. The Balaban J connectivity index is 1.82. The molecule has 0 fully saturated rings. The van der Waals surface area contributed by atoms with E-state index in [2.05, 4.69) is 10.1 Å². The molecule has 1 amide bonds. The summed E-state index contributed by atoms with van der Waals surface area (Å²) < 4.78 is 4.99. The molecule has 1 aliphatic heterocycles. The summed E-state index contributed by atoms with van der Waals surface area (Å²) >= 11 is 0. The summed E-state index contributed by atoms with van der Waals surface area (Å²) in [5.74, 6) is 0.108. The van der Waals surface area contributed by atoms with Gasteiger partial charge in [-0.1, -0.05) is 5.16 Å². The first-order valence-electron chi connectivity index (χ1n) is 6.03. The first kappa shape index (κ1) is 11.7. The van der Waals surface area contributed by atoms with Crippen LogP contribution in [-0.4, -0.2) is 32.6 Å². The SMILES string of the molecule is Cc1cc(C(=O)N2CCc3cc(O)ncc3C2)on1. The van der Waals surface area contributed by atoms with Crippen molar-refractivity contribution in [2.75, 3.05) is 6.54 Å². The molecule has 0 saturated heterocycles. The van der Waals surface area contributed by atoms with E-state index in [-0.39, 0.29) is 17.5 Å². The molecule has 0 unspecified atom stereocenters. The average molecular weight is 259 g/mol. The zero-order valence-electron chi connectivity index (χ0n) is 10.5. The summed E-state index contributed by atoms with van der Waals surface area (Å²) in [6.45, 7) is 2.84. The Kier molecular flexibility index (Phi) is 2.70. The van der Waals surface area contributed by atoms with Crippen LogP contribution in [0.25, 0.3) is 0 Å². The summed E-state index contributed by atoms with van der Waals surface area (Å²) in [7, 11) is 0. The van der Waals surface area contributed by atoms with Gasteiger partial charge in [0.25, 0.3) is 5.91 Å². The Hall–Kier alpha value is -2.37. The summed E-state index contributed by atoms with van der Waals surface area (Å²) in [6, 6.07) is 3.28. The Labute approximate surface area is 109 Å². The highest BCUT2D eigenvalue weighted by atomic mass is 16.5. The molecule has 0 bridgehead atoms. The first-order valence-corrected chi connectivity index (χ1v) is 6.03. The van der Waals surface area contributed by atoms with Gasteiger partial charge >= 0.3 is 0 Å². The fourth-order valence-electron chi connectivity index (χ4n) is 2.22. The van der Waals surface area contributed by atoms with Crippen LogP contribution in [0.2, 0.25) is 0 Å². The number of rotatable bonds is 1. The number of hydrogen-bond acceptors (Lipinski definition) is 5. The van der Waals surface area contributed by atoms with E-state index in [0.29, 0.717) is 25.2 Å². The van der Waals surface area contributed by atoms with E-state index >= 15 is 0 Å². The molecule has 0 spiro atoms. The molecular weight excluding hydrogens is 246 g/mol. The molecule has 0 aliphatic carbocycles. The van der Waals surface area contributed by atoms with Gasteiger partial charge in [-0.15, -0.1) is 0 Å². The van der Waals surface area contributed by atoms with Crippen molar-refractivity contribution in [1.82, 2.24) is 15.0 Å². The van der Waals surface area contributed by atoms with Crippen LogP contribution in [0.1, 0.15) is 27.4 Å². The molecule has 0 aromatic carbocycles. The Morgan fingerprint density at radius 1 is 1.42 bits per heavy atom. The molecule has 1 aliphatic rings. The van der Waals surface area contributed by atoms with Crippen molar-refractivity contribution in [2.45, 2.75) is 19.9 Å². The van der Waals surface area contributed by atoms with Crippen molar-refractivity contribution < 1.29 is 14.4 Å². The van der Waals surface area contributed by atoms with Crippen LogP contribution in [0.15, 0.2) is 22.9 Å². The molecule has 3 rings (SSSR count). The lowest BCUT2D eigenvalue weighted by molar-refractivity contribution is 0.0692. The predicted molar refractivity (Wildman–Crippen MR) is 65.6 cm³/mol. The van der Waals surface area contributed by atoms with Crippen LogP contribution >= 0.6 is 0 Å². The number of amides is 1.